The Balaban J connectivity index is 0.00000200. The van der Waals surface area contributed by atoms with Crippen molar-refractivity contribution in [2.75, 3.05) is 0 Å². The van der Waals surface area contributed by atoms with Crippen molar-refractivity contribution in [2.24, 2.45) is 0 Å². The number of hydrogen-bond donors (Lipinski definition) is 1. The van der Waals surface area contributed by atoms with Crippen LogP contribution in [0.5, 0.6) is 0 Å². The number of aromatic nitrogens is 2. The van der Waals surface area contributed by atoms with Crippen LogP contribution in [0.3, 0.4) is 0 Å². The molecule has 1 heterocycles. The third-order valence-electron chi connectivity index (χ3n) is 2.77. The van der Waals surface area contributed by atoms with Crippen LogP contribution >= 0.6 is 0 Å². The van der Waals surface area contributed by atoms with Gasteiger partial charge in [0, 0.05) is 17.8 Å². The summed E-state index contributed by atoms with van der Waals surface area (Å²) in [5, 5.41) is 19.7. The number of imidazole rings is 1. The Kier molecular flexibility index (Phi) is 5.51. The van der Waals surface area contributed by atoms with Gasteiger partial charge < -0.3 is 14.9 Å². The molecule has 1 atom stereocenters. The molecular formula is C13H9FLiN3O2. The van der Waals surface area contributed by atoms with Crippen LogP contribution < -0.4 is 24.0 Å². The van der Waals surface area contributed by atoms with E-state index in [1.54, 1.807) is 6.07 Å². The molecule has 7 heteroatoms. The maximum Gasteiger partial charge on any atom is 1.00 e. The van der Waals surface area contributed by atoms with Crippen LogP contribution in [-0.4, -0.2) is 15.9 Å². The van der Waals surface area contributed by atoms with E-state index in [0.717, 1.165) is 6.07 Å². The fraction of sp³-hybridized carbons (Fsp3) is 0.154. The number of nitrogens with zero attached hydrogens (tertiary/aromatic N) is 2. The first-order valence-corrected chi connectivity index (χ1v) is 5.49. The molecule has 1 aromatic heterocycles. The topological polar surface area (TPSA) is 92.6 Å². The number of rotatable bonds is 4. The van der Waals surface area contributed by atoms with Gasteiger partial charge in [0.2, 0.25) is 0 Å². The molecule has 1 unspecified atom stereocenters. The number of aliphatic carboxylic acids is 1. The number of benzene rings is 1. The molecule has 0 bridgehead atoms. The number of carbonyl (C=O) groups excluding carboxylic acids is 1. The Labute approximate surface area is 126 Å². The molecule has 1 aromatic carbocycles. The average Bonchev–Trinajstić information content (AvgIpc) is 2.89. The summed E-state index contributed by atoms with van der Waals surface area (Å²) in [7, 11) is 0. The molecular weight excluding hydrogens is 256 g/mol. The number of halogens is 1. The first-order chi connectivity index (χ1) is 9.11. The van der Waals surface area contributed by atoms with Gasteiger partial charge in [-0.05, 0) is 24.1 Å². The van der Waals surface area contributed by atoms with E-state index in [2.05, 4.69) is 9.97 Å². The third-order valence-corrected chi connectivity index (χ3v) is 2.77. The van der Waals surface area contributed by atoms with Gasteiger partial charge in [-0.2, -0.15) is 5.26 Å². The maximum atomic E-state index is 13.4. The molecule has 0 radical (unpaired) electrons. The summed E-state index contributed by atoms with van der Waals surface area (Å²) in [5.74, 6) is -2.87. The van der Waals surface area contributed by atoms with Gasteiger partial charge in [-0.1, -0.05) is 6.07 Å². The molecule has 2 rings (SSSR count). The van der Waals surface area contributed by atoms with Gasteiger partial charge in [0.15, 0.2) is 0 Å². The summed E-state index contributed by atoms with van der Waals surface area (Å²) < 4.78 is 13.4. The molecule has 0 saturated carbocycles. The molecule has 0 amide bonds. The second kappa shape index (κ2) is 6.90. The molecule has 0 fully saturated rings. The number of carbonyl (C=O) groups is 1. The monoisotopic (exact) mass is 265 g/mol. The van der Waals surface area contributed by atoms with Crippen LogP contribution in [-0.2, 0) is 11.2 Å². The number of aromatic amines is 1. The quantitative estimate of drug-likeness (QED) is 0.618. The minimum absolute atomic E-state index is 0. The van der Waals surface area contributed by atoms with Crippen molar-refractivity contribution < 1.29 is 33.2 Å². The van der Waals surface area contributed by atoms with Crippen molar-refractivity contribution in [3.8, 4) is 6.07 Å². The van der Waals surface area contributed by atoms with Crippen LogP contribution in [0.4, 0.5) is 4.39 Å². The van der Waals surface area contributed by atoms with Gasteiger partial charge in [0.25, 0.3) is 0 Å². The van der Waals surface area contributed by atoms with Crippen molar-refractivity contribution in [2.45, 2.75) is 12.3 Å². The normalized spacial score (nSPS) is 11.2. The van der Waals surface area contributed by atoms with Crippen LogP contribution in [0.2, 0.25) is 0 Å². The van der Waals surface area contributed by atoms with Gasteiger partial charge in [0.1, 0.15) is 11.9 Å². The zero-order chi connectivity index (χ0) is 13.8. The number of carboxylic acid groups (broad SMARTS) is 1. The average molecular weight is 265 g/mol. The second-order valence-corrected chi connectivity index (χ2v) is 4.01. The Bertz CT molecular complexity index is 638. The molecule has 1 N–H and O–H groups in total. The van der Waals surface area contributed by atoms with Crippen LogP contribution in [0, 0.1) is 17.1 Å². The minimum Gasteiger partial charge on any atom is -0.549 e. The molecule has 96 valence electrons. The van der Waals surface area contributed by atoms with Gasteiger partial charge in [-0.25, -0.2) is 9.37 Å². The number of nitrogens with one attached hydrogen (secondary N) is 1. The SMILES string of the molecule is N#Cc1ccc(CC(C(=O)[O-])c2cnc[nH]2)cc1F.[Li+]. The molecule has 0 aliphatic heterocycles. The van der Waals surface area contributed by atoms with E-state index in [1.165, 1.54) is 24.7 Å². The van der Waals surface area contributed by atoms with Crippen LogP contribution in [0.25, 0.3) is 0 Å². The predicted molar refractivity (Wildman–Crippen MR) is 61.2 cm³/mol. The first kappa shape index (κ1) is 16.0. The largest absolute Gasteiger partial charge is 1.00 e. The van der Waals surface area contributed by atoms with Crippen molar-refractivity contribution in [3.63, 3.8) is 0 Å². The second-order valence-electron chi connectivity index (χ2n) is 4.01. The standard InChI is InChI=1S/C13H10FN3O2.Li/c14-11-4-8(1-2-9(11)5-15)3-10(13(18)19)12-6-16-7-17-12;/h1-2,4,6-7,10H,3H2,(H,16,17)(H,18,19);/q;+1/p-1. The van der Waals surface area contributed by atoms with Gasteiger partial charge in [0.05, 0.1) is 17.9 Å². The molecule has 0 saturated heterocycles. The van der Waals surface area contributed by atoms with E-state index in [0.29, 0.717) is 11.3 Å². The van der Waals surface area contributed by atoms with Crippen molar-refractivity contribution in [3.05, 3.63) is 53.4 Å². The third kappa shape index (κ3) is 3.48. The number of hydrogen-bond acceptors (Lipinski definition) is 4. The van der Waals surface area contributed by atoms with Crippen LogP contribution in [0.1, 0.15) is 22.7 Å². The summed E-state index contributed by atoms with van der Waals surface area (Å²) in [4.78, 5) is 17.6. The maximum absolute atomic E-state index is 13.4. The number of carboxylic acids is 1. The Morgan fingerprint density at radius 1 is 1.55 bits per heavy atom. The van der Waals surface area contributed by atoms with Gasteiger partial charge in [-0.15, -0.1) is 0 Å². The van der Waals surface area contributed by atoms with Gasteiger partial charge in [-0.3, -0.25) is 0 Å². The summed E-state index contributed by atoms with van der Waals surface area (Å²) in [6, 6.07) is 5.71. The predicted octanol–water partition coefficient (Wildman–Crippen LogP) is -2.50. The summed E-state index contributed by atoms with van der Waals surface area (Å²) in [5.41, 5.74) is 0.792. The Morgan fingerprint density at radius 3 is 2.80 bits per heavy atom. The molecule has 0 spiro atoms. The van der Waals surface area contributed by atoms with Crippen LogP contribution in [0.15, 0.2) is 30.7 Å². The summed E-state index contributed by atoms with van der Waals surface area (Å²) in [6.07, 6.45) is 2.82. The van der Waals surface area contributed by atoms with E-state index in [9.17, 15) is 14.3 Å². The smallest absolute Gasteiger partial charge is 0.549 e. The minimum atomic E-state index is -1.27. The van der Waals surface area contributed by atoms with E-state index < -0.39 is 17.7 Å². The Morgan fingerprint density at radius 2 is 2.30 bits per heavy atom. The van der Waals surface area contributed by atoms with Crippen molar-refractivity contribution in [1.82, 2.24) is 9.97 Å². The first-order valence-electron chi connectivity index (χ1n) is 5.49. The summed E-state index contributed by atoms with van der Waals surface area (Å²) in [6.45, 7) is 0. The fourth-order valence-electron chi connectivity index (χ4n) is 1.79. The number of H-pyrrole nitrogens is 1. The zero-order valence-corrected chi connectivity index (χ0v) is 10.8. The number of nitriles is 1. The molecule has 0 aliphatic carbocycles. The summed E-state index contributed by atoms with van der Waals surface area (Å²) >= 11 is 0. The van der Waals surface area contributed by atoms with E-state index in [-0.39, 0.29) is 30.8 Å². The van der Waals surface area contributed by atoms with Crippen molar-refractivity contribution in [1.29, 1.82) is 5.26 Å². The van der Waals surface area contributed by atoms with E-state index in [4.69, 9.17) is 5.26 Å². The van der Waals surface area contributed by atoms with Crippen molar-refractivity contribution >= 4 is 5.97 Å². The Hall–Kier alpha value is -2.08. The molecule has 5 nitrogen and oxygen atoms in total. The van der Waals surface area contributed by atoms with E-state index in [1.807, 2.05) is 0 Å². The molecule has 0 aliphatic rings. The fourth-order valence-corrected chi connectivity index (χ4v) is 1.79. The van der Waals surface area contributed by atoms with Gasteiger partial charge >= 0.3 is 18.9 Å². The zero-order valence-electron chi connectivity index (χ0n) is 10.8. The van der Waals surface area contributed by atoms with E-state index >= 15 is 0 Å². The molecule has 20 heavy (non-hydrogen) atoms. The molecule has 2 aromatic rings.